The highest BCUT2D eigenvalue weighted by Gasteiger charge is 2.19. The molecule has 122 valence electrons. The van der Waals surface area contributed by atoms with Gasteiger partial charge in [0.05, 0.1) is 5.69 Å². The van der Waals surface area contributed by atoms with Crippen LogP contribution < -0.4 is 10.9 Å². The van der Waals surface area contributed by atoms with Gasteiger partial charge in [-0.15, -0.1) is 0 Å². The molecule has 8 nitrogen and oxygen atoms in total. The molecule has 0 spiro atoms. The highest BCUT2D eigenvalue weighted by Crippen LogP contribution is 2.15. The summed E-state index contributed by atoms with van der Waals surface area (Å²) in [6.07, 6.45) is 3.29. The zero-order valence-electron chi connectivity index (χ0n) is 13.1. The fourth-order valence-electron chi connectivity index (χ4n) is 2.14. The summed E-state index contributed by atoms with van der Waals surface area (Å²) in [4.78, 5) is 28.4. The molecule has 0 bridgehead atoms. The number of carbonyl (C=O) groups is 1. The molecule has 0 aliphatic carbocycles. The minimum atomic E-state index is -0.814. The molecule has 0 aliphatic heterocycles. The van der Waals surface area contributed by atoms with Gasteiger partial charge in [-0.3, -0.25) is 14.6 Å². The van der Waals surface area contributed by atoms with E-state index in [1.807, 2.05) is 6.07 Å². The van der Waals surface area contributed by atoms with E-state index >= 15 is 0 Å². The lowest BCUT2D eigenvalue weighted by Crippen LogP contribution is -2.33. The quantitative estimate of drug-likeness (QED) is 0.784. The second-order valence-corrected chi connectivity index (χ2v) is 5.23. The summed E-state index contributed by atoms with van der Waals surface area (Å²) in [5, 5.41) is 10.6. The van der Waals surface area contributed by atoms with Gasteiger partial charge in [0.15, 0.2) is 5.82 Å². The van der Waals surface area contributed by atoms with E-state index in [1.54, 1.807) is 44.4 Å². The Labute approximate surface area is 137 Å². The van der Waals surface area contributed by atoms with E-state index in [9.17, 15) is 9.59 Å². The summed E-state index contributed by atoms with van der Waals surface area (Å²) < 4.78 is 6.03. The highest BCUT2D eigenvalue weighted by atomic mass is 16.5. The standard InChI is InChI=1S/C16H15N5O3/c1-10-8-14(20-24-10)18-16(23)11(2)21-15(22)6-5-13(19-21)12-4-3-7-17-9-12/h3-9,11H,1-2H3,(H,18,20,23). The molecule has 0 aromatic carbocycles. The SMILES string of the molecule is Cc1cc(NC(=O)C(C)n2nc(-c3cccnc3)ccc2=O)no1. The molecule has 3 aromatic rings. The Balaban J connectivity index is 1.87. The van der Waals surface area contributed by atoms with Gasteiger partial charge >= 0.3 is 0 Å². The van der Waals surface area contributed by atoms with E-state index in [0.29, 0.717) is 17.3 Å². The molecule has 0 aliphatic rings. The van der Waals surface area contributed by atoms with Crippen LogP contribution in [0.4, 0.5) is 5.82 Å². The predicted octanol–water partition coefficient (Wildman–Crippen LogP) is 1.80. The van der Waals surface area contributed by atoms with Crippen LogP contribution in [0.25, 0.3) is 11.3 Å². The van der Waals surface area contributed by atoms with E-state index in [-0.39, 0.29) is 5.56 Å². The molecule has 8 heteroatoms. The lowest BCUT2D eigenvalue weighted by Gasteiger charge is -2.13. The van der Waals surface area contributed by atoms with Crippen molar-refractivity contribution in [2.24, 2.45) is 0 Å². The fraction of sp³-hybridized carbons (Fsp3) is 0.188. The summed E-state index contributed by atoms with van der Waals surface area (Å²) in [6, 6.07) is 7.35. The fourth-order valence-corrected chi connectivity index (χ4v) is 2.14. The Morgan fingerprint density at radius 3 is 2.83 bits per heavy atom. The van der Waals surface area contributed by atoms with Gasteiger partial charge in [0.1, 0.15) is 11.8 Å². The molecule has 3 heterocycles. The summed E-state index contributed by atoms with van der Waals surface area (Å²) in [5.74, 6) is 0.453. The first kappa shape index (κ1) is 15.6. The van der Waals surface area contributed by atoms with Crippen molar-refractivity contribution in [3.05, 3.63) is 58.8 Å². The van der Waals surface area contributed by atoms with Crippen LogP contribution in [0.5, 0.6) is 0 Å². The molecule has 3 rings (SSSR count). The van der Waals surface area contributed by atoms with E-state index in [4.69, 9.17) is 4.52 Å². The molecule has 0 radical (unpaired) electrons. The third kappa shape index (κ3) is 3.22. The third-order valence-corrected chi connectivity index (χ3v) is 3.41. The highest BCUT2D eigenvalue weighted by molar-refractivity contribution is 5.92. The van der Waals surface area contributed by atoms with Crippen LogP contribution in [0.1, 0.15) is 18.7 Å². The number of nitrogens with one attached hydrogen (secondary N) is 1. The van der Waals surface area contributed by atoms with Gasteiger partial charge in [-0.25, -0.2) is 4.68 Å². The van der Waals surface area contributed by atoms with E-state index < -0.39 is 11.9 Å². The number of amides is 1. The van der Waals surface area contributed by atoms with Crippen LogP contribution in [0.2, 0.25) is 0 Å². The van der Waals surface area contributed by atoms with Crippen molar-refractivity contribution in [2.75, 3.05) is 5.32 Å². The van der Waals surface area contributed by atoms with Crippen LogP contribution in [-0.4, -0.2) is 25.8 Å². The summed E-state index contributed by atoms with van der Waals surface area (Å²) in [6.45, 7) is 3.30. The predicted molar refractivity (Wildman–Crippen MR) is 86.3 cm³/mol. The van der Waals surface area contributed by atoms with Crippen LogP contribution in [-0.2, 0) is 4.79 Å². The lowest BCUT2D eigenvalue weighted by atomic mass is 10.2. The maximum Gasteiger partial charge on any atom is 0.267 e. The summed E-state index contributed by atoms with van der Waals surface area (Å²) in [7, 11) is 0. The maximum atomic E-state index is 12.3. The molecule has 24 heavy (non-hydrogen) atoms. The smallest absolute Gasteiger partial charge is 0.267 e. The van der Waals surface area contributed by atoms with E-state index in [2.05, 4.69) is 20.6 Å². The second kappa shape index (κ2) is 6.45. The largest absolute Gasteiger partial charge is 0.360 e. The van der Waals surface area contributed by atoms with Gasteiger partial charge in [0.25, 0.3) is 5.56 Å². The van der Waals surface area contributed by atoms with Crippen molar-refractivity contribution < 1.29 is 9.32 Å². The second-order valence-electron chi connectivity index (χ2n) is 5.23. The molecule has 3 aromatic heterocycles. The van der Waals surface area contributed by atoms with Gasteiger partial charge in [-0.2, -0.15) is 5.10 Å². The molecule has 0 fully saturated rings. The number of aryl methyl sites for hydroxylation is 1. The average Bonchev–Trinajstić information content (AvgIpc) is 3.00. The number of pyridine rings is 1. The Hall–Kier alpha value is -3.29. The number of hydrogen-bond acceptors (Lipinski definition) is 6. The van der Waals surface area contributed by atoms with Crippen molar-refractivity contribution in [3.63, 3.8) is 0 Å². The molecule has 1 amide bonds. The lowest BCUT2D eigenvalue weighted by molar-refractivity contribution is -0.119. The Morgan fingerprint density at radius 2 is 2.17 bits per heavy atom. The minimum absolute atomic E-state index is 0.292. The zero-order chi connectivity index (χ0) is 17.1. The Kier molecular flexibility index (Phi) is 4.19. The van der Waals surface area contributed by atoms with Crippen LogP contribution in [0.3, 0.4) is 0 Å². The zero-order valence-corrected chi connectivity index (χ0v) is 13.1. The number of hydrogen-bond donors (Lipinski definition) is 1. The number of carbonyl (C=O) groups excluding carboxylic acids is 1. The minimum Gasteiger partial charge on any atom is -0.360 e. The molecular formula is C16H15N5O3. The Morgan fingerprint density at radius 1 is 1.33 bits per heavy atom. The molecule has 0 saturated heterocycles. The van der Waals surface area contributed by atoms with Crippen molar-refractivity contribution >= 4 is 11.7 Å². The number of aromatic nitrogens is 4. The topological polar surface area (TPSA) is 103 Å². The van der Waals surface area contributed by atoms with Gasteiger partial charge in [0, 0.05) is 30.1 Å². The first-order chi connectivity index (χ1) is 11.5. The first-order valence-corrected chi connectivity index (χ1v) is 7.29. The van der Waals surface area contributed by atoms with E-state index in [0.717, 1.165) is 10.2 Å². The first-order valence-electron chi connectivity index (χ1n) is 7.29. The van der Waals surface area contributed by atoms with Crippen LogP contribution in [0.15, 0.2) is 52.0 Å². The van der Waals surface area contributed by atoms with Crippen LogP contribution in [0, 0.1) is 6.92 Å². The van der Waals surface area contributed by atoms with Crippen molar-refractivity contribution in [3.8, 4) is 11.3 Å². The number of nitrogens with zero attached hydrogens (tertiary/aromatic N) is 4. The Bertz CT molecular complexity index is 917. The van der Waals surface area contributed by atoms with E-state index in [1.165, 1.54) is 6.07 Å². The third-order valence-electron chi connectivity index (χ3n) is 3.41. The summed E-state index contributed by atoms with van der Waals surface area (Å²) >= 11 is 0. The molecular weight excluding hydrogens is 310 g/mol. The average molecular weight is 325 g/mol. The number of rotatable bonds is 4. The van der Waals surface area contributed by atoms with Crippen molar-refractivity contribution in [1.29, 1.82) is 0 Å². The maximum absolute atomic E-state index is 12.3. The van der Waals surface area contributed by atoms with Crippen molar-refractivity contribution in [1.82, 2.24) is 19.9 Å². The molecule has 0 saturated carbocycles. The summed E-state index contributed by atoms with van der Waals surface area (Å²) in [5.41, 5.74) is 0.937. The van der Waals surface area contributed by atoms with Crippen molar-refractivity contribution in [2.45, 2.75) is 19.9 Å². The normalized spacial score (nSPS) is 11.9. The molecule has 1 atom stereocenters. The monoisotopic (exact) mass is 325 g/mol. The van der Waals surface area contributed by atoms with Gasteiger partial charge in [-0.05, 0) is 32.0 Å². The van der Waals surface area contributed by atoms with Crippen LogP contribution >= 0.6 is 0 Å². The van der Waals surface area contributed by atoms with Gasteiger partial charge in [-0.1, -0.05) is 5.16 Å². The molecule has 1 unspecified atom stereocenters. The molecule has 1 N–H and O–H groups in total. The number of anilines is 1. The van der Waals surface area contributed by atoms with Gasteiger partial charge < -0.3 is 9.84 Å². The van der Waals surface area contributed by atoms with Gasteiger partial charge in [0.2, 0.25) is 5.91 Å².